The van der Waals surface area contributed by atoms with Gasteiger partial charge >= 0.3 is 6.18 Å². The summed E-state index contributed by atoms with van der Waals surface area (Å²) in [5.74, 6) is -1.85. The van der Waals surface area contributed by atoms with E-state index < -0.39 is 17.9 Å². The van der Waals surface area contributed by atoms with E-state index in [1.165, 1.54) is 11.0 Å². The summed E-state index contributed by atoms with van der Waals surface area (Å²) >= 11 is 0. The van der Waals surface area contributed by atoms with E-state index in [0.29, 0.717) is 13.1 Å². The first-order valence-corrected chi connectivity index (χ1v) is 6.01. The molecular formula is C11H16F3N5O. The molecule has 0 aliphatic carbocycles. The number of alkyl halides is 3. The van der Waals surface area contributed by atoms with Gasteiger partial charge in [-0.05, 0) is 13.8 Å². The van der Waals surface area contributed by atoms with Gasteiger partial charge in [-0.25, -0.2) is 9.97 Å². The lowest BCUT2D eigenvalue weighted by Crippen LogP contribution is -2.34. The van der Waals surface area contributed by atoms with Crippen LogP contribution in [0.4, 0.5) is 24.8 Å². The van der Waals surface area contributed by atoms with Gasteiger partial charge in [-0.3, -0.25) is 4.79 Å². The molecule has 0 aliphatic heterocycles. The Balaban J connectivity index is 3.22. The van der Waals surface area contributed by atoms with Crippen molar-refractivity contribution in [2.45, 2.75) is 20.0 Å². The van der Waals surface area contributed by atoms with Crippen molar-refractivity contribution in [3.63, 3.8) is 0 Å². The van der Waals surface area contributed by atoms with E-state index in [1.54, 1.807) is 13.8 Å². The maximum Gasteiger partial charge on any atom is 0.451 e. The van der Waals surface area contributed by atoms with Crippen molar-refractivity contribution < 1.29 is 18.0 Å². The molecule has 1 amide bonds. The molecule has 1 heterocycles. The smallest absolute Gasteiger partial charge is 0.370 e. The molecule has 0 spiro atoms. The molecule has 0 unspecified atom stereocenters. The topological polar surface area (TPSA) is 84.1 Å². The van der Waals surface area contributed by atoms with Gasteiger partial charge in [0.2, 0.25) is 11.7 Å². The van der Waals surface area contributed by atoms with Gasteiger partial charge in [0.15, 0.2) is 0 Å². The third-order valence-corrected chi connectivity index (χ3v) is 2.38. The molecule has 0 fully saturated rings. The van der Waals surface area contributed by atoms with E-state index in [-0.39, 0.29) is 18.2 Å². The number of aromatic nitrogens is 2. The standard InChI is InChI=1S/C11H16F3N5O/c1-3-16-8-5-9(19(4-2)6-7(15)20)18-10(17-8)11(12,13)14/h5H,3-4,6H2,1-2H3,(H2,15,20)(H,16,17,18). The number of carbonyl (C=O) groups excluding carboxylic acids is 1. The van der Waals surface area contributed by atoms with Crippen molar-refractivity contribution in [2.24, 2.45) is 5.73 Å². The van der Waals surface area contributed by atoms with Gasteiger partial charge in [-0.15, -0.1) is 0 Å². The quantitative estimate of drug-likeness (QED) is 0.823. The first kappa shape index (κ1) is 16.0. The first-order chi connectivity index (χ1) is 9.27. The van der Waals surface area contributed by atoms with Crippen LogP contribution in [0.15, 0.2) is 6.07 Å². The molecule has 0 aromatic carbocycles. The first-order valence-electron chi connectivity index (χ1n) is 6.01. The Hall–Kier alpha value is -2.06. The lowest BCUT2D eigenvalue weighted by molar-refractivity contribution is -0.144. The number of hydrogen-bond donors (Lipinski definition) is 2. The van der Waals surface area contributed by atoms with E-state index in [4.69, 9.17) is 5.73 Å². The highest BCUT2D eigenvalue weighted by Gasteiger charge is 2.35. The fourth-order valence-corrected chi connectivity index (χ4v) is 1.54. The van der Waals surface area contributed by atoms with Crippen molar-refractivity contribution in [3.8, 4) is 0 Å². The summed E-state index contributed by atoms with van der Waals surface area (Å²) in [5.41, 5.74) is 5.06. The summed E-state index contributed by atoms with van der Waals surface area (Å²) in [4.78, 5) is 19.1. The number of nitrogens with one attached hydrogen (secondary N) is 1. The van der Waals surface area contributed by atoms with Crippen LogP contribution in [0, 0.1) is 0 Å². The largest absolute Gasteiger partial charge is 0.451 e. The molecule has 9 heteroatoms. The second-order valence-corrected chi connectivity index (χ2v) is 3.94. The van der Waals surface area contributed by atoms with Crippen molar-refractivity contribution in [2.75, 3.05) is 29.9 Å². The Bertz CT molecular complexity index is 478. The van der Waals surface area contributed by atoms with Crippen LogP contribution in [0.5, 0.6) is 0 Å². The molecule has 0 saturated carbocycles. The Morgan fingerprint density at radius 3 is 2.50 bits per heavy atom. The molecule has 0 aliphatic rings. The highest BCUT2D eigenvalue weighted by Crippen LogP contribution is 2.29. The van der Waals surface area contributed by atoms with E-state index >= 15 is 0 Å². The Kier molecular flexibility index (Phi) is 5.12. The van der Waals surface area contributed by atoms with Gasteiger partial charge in [-0.2, -0.15) is 13.2 Å². The normalized spacial score (nSPS) is 11.2. The summed E-state index contributed by atoms with van der Waals surface area (Å²) in [6, 6.07) is 1.35. The molecule has 112 valence electrons. The molecular weight excluding hydrogens is 275 g/mol. The molecule has 3 N–H and O–H groups in total. The lowest BCUT2D eigenvalue weighted by Gasteiger charge is -2.21. The summed E-state index contributed by atoms with van der Waals surface area (Å²) < 4.78 is 38.3. The molecule has 20 heavy (non-hydrogen) atoms. The average Bonchev–Trinajstić information content (AvgIpc) is 2.34. The van der Waals surface area contributed by atoms with Crippen LogP contribution in [0.2, 0.25) is 0 Å². The zero-order valence-corrected chi connectivity index (χ0v) is 11.2. The highest BCUT2D eigenvalue weighted by atomic mass is 19.4. The van der Waals surface area contributed by atoms with Crippen molar-refractivity contribution in [1.82, 2.24) is 9.97 Å². The van der Waals surface area contributed by atoms with Gasteiger partial charge in [-0.1, -0.05) is 0 Å². The zero-order valence-electron chi connectivity index (χ0n) is 11.2. The van der Waals surface area contributed by atoms with Crippen LogP contribution < -0.4 is 16.0 Å². The van der Waals surface area contributed by atoms with E-state index in [2.05, 4.69) is 15.3 Å². The SMILES string of the molecule is CCNc1cc(N(CC)CC(N)=O)nc(C(F)(F)F)n1. The predicted molar refractivity (Wildman–Crippen MR) is 68.3 cm³/mol. The van der Waals surface area contributed by atoms with Crippen LogP contribution in [-0.2, 0) is 11.0 Å². The number of nitrogens with zero attached hydrogens (tertiary/aromatic N) is 3. The Morgan fingerprint density at radius 1 is 1.40 bits per heavy atom. The molecule has 1 aromatic heterocycles. The Morgan fingerprint density at radius 2 is 2.05 bits per heavy atom. The number of hydrogen-bond acceptors (Lipinski definition) is 5. The third-order valence-electron chi connectivity index (χ3n) is 2.38. The average molecular weight is 291 g/mol. The van der Waals surface area contributed by atoms with Crippen LogP contribution in [0.1, 0.15) is 19.7 Å². The molecule has 0 atom stereocenters. The van der Waals surface area contributed by atoms with E-state index in [9.17, 15) is 18.0 Å². The number of likely N-dealkylation sites (N-methyl/N-ethyl adjacent to an activating group) is 1. The van der Waals surface area contributed by atoms with Gasteiger partial charge < -0.3 is 16.0 Å². The summed E-state index contributed by atoms with van der Waals surface area (Å²) in [5, 5.41) is 2.70. The number of primary amides is 1. The molecule has 1 rings (SSSR count). The molecule has 6 nitrogen and oxygen atoms in total. The van der Waals surface area contributed by atoms with Gasteiger partial charge in [0.1, 0.15) is 11.6 Å². The van der Waals surface area contributed by atoms with Gasteiger partial charge in [0.05, 0.1) is 6.54 Å². The Labute approximate surface area is 114 Å². The van der Waals surface area contributed by atoms with Crippen molar-refractivity contribution in [1.29, 1.82) is 0 Å². The summed E-state index contributed by atoms with van der Waals surface area (Å²) in [6.07, 6.45) is -4.66. The second kappa shape index (κ2) is 6.40. The minimum atomic E-state index is -4.66. The van der Waals surface area contributed by atoms with Crippen LogP contribution in [0.3, 0.4) is 0 Å². The monoisotopic (exact) mass is 291 g/mol. The summed E-state index contributed by atoms with van der Waals surface area (Å²) in [6.45, 7) is 3.91. The number of nitrogens with two attached hydrogens (primary N) is 1. The highest BCUT2D eigenvalue weighted by molar-refractivity contribution is 5.79. The number of halogens is 3. The number of anilines is 2. The maximum atomic E-state index is 12.8. The van der Waals surface area contributed by atoms with Gasteiger partial charge in [0, 0.05) is 19.2 Å². The minimum Gasteiger partial charge on any atom is -0.370 e. The second-order valence-electron chi connectivity index (χ2n) is 3.94. The molecule has 0 bridgehead atoms. The van der Waals surface area contributed by atoms with E-state index in [0.717, 1.165) is 0 Å². The fraction of sp³-hybridized carbons (Fsp3) is 0.545. The third kappa shape index (κ3) is 4.25. The van der Waals surface area contributed by atoms with Gasteiger partial charge in [0.25, 0.3) is 0 Å². The van der Waals surface area contributed by atoms with Crippen molar-refractivity contribution in [3.05, 3.63) is 11.9 Å². The van der Waals surface area contributed by atoms with Crippen LogP contribution >= 0.6 is 0 Å². The zero-order chi connectivity index (χ0) is 15.3. The predicted octanol–water partition coefficient (Wildman–Crippen LogP) is 1.24. The lowest BCUT2D eigenvalue weighted by atomic mass is 10.4. The number of amides is 1. The summed E-state index contributed by atoms with van der Waals surface area (Å²) in [7, 11) is 0. The molecule has 0 saturated heterocycles. The minimum absolute atomic E-state index is 0.00424. The molecule has 0 radical (unpaired) electrons. The molecule has 1 aromatic rings. The van der Waals surface area contributed by atoms with Crippen LogP contribution in [0.25, 0.3) is 0 Å². The maximum absolute atomic E-state index is 12.8. The van der Waals surface area contributed by atoms with Crippen LogP contribution in [-0.4, -0.2) is 35.5 Å². The van der Waals surface area contributed by atoms with E-state index in [1.807, 2.05) is 0 Å². The fourth-order valence-electron chi connectivity index (χ4n) is 1.54. The number of rotatable bonds is 6. The van der Waals surface area contributed by atoms with Crippen molar-refractivity contribution >= 4 is 17.5 Å². The number of carbonyl (C=O) groups is 1.